The zero-order valence-electron chi connectivity index (χ0n) is 27.9. The van der Waals surface area contributed by atoms with Crippen molar-refractivity contribution in [2.75, 3.05) is 0 Å². The normalized spacial score (nSPS) is 12.0. The van der Waals surface area contributed by atoms with Gasteiger partial charge in [0.25, 0.3) is 0 Å². The maximum atomic E-state index is 8.36. The molecule has 0 saturated carbocycles. The zero-order chi connectivity index (χ0) is 31.9. The van der Waals surface area contributed by atoms with Gasteiger partial charge in [-0.1, -0.05) is 92.5 Å². The Kier molecular flexibility index (Phi) is 9.44. The summed E-state index contributed by atoms with van der Waals surface area (Å²) in [5, 5.41) is 6.58. The fourth-order valence-corrected chi connectivity index (χ4v) is 8.86. The Balaban J connectivity index is 0.000000200. The van der Waals surface area contributed by atoms with Gasteiger partial charge in [0.15, 0.2) is 0 Å². The van der Waals surface area contributed by atoms with Crippen LogP contribution in [0.1, 0.15) is 37.8 Å². The Hall–Kier alpha value is -3.47. The number of nitrogens with zero attached hydrogens (tertiary/aromatic N) is 2. The molecule has 0 N–H and O–H groups in total. The molecule has 0 aliphatic heterocycles. The summed E-state index contributed by atoms with van der Waals surface area (Å²) in [6, 6.07) is 35.9. The molecule has 45 heavy (non-hydrogen) atoms. The molecule has 229 valence electrons. The first-order valence-electron chi connectivity index (χ1n) is 15.6. The van der Waals surface area contributed by atoms with Gasteiger partial charge in [-0.25, -0.2) is 0 Å². The fourth-order valence-electron chi connectivity index (χ4n) is 5.82. The summed E-state index contributed by atoms with van der Waals surface area (Å²) in [7, 11) is -1.27. The first-order valence-corrected chi connectivity index (χ1v) is 19.4. The number of thiophene rings is 1. The third kappa shape index (κ3) is 6.73. The van der Waals surface area contributed by atoms with Crippen LogP contribution < -0.4 is 5.19 Å². The average molecular weight is 800 g/mol. The summed E-state index contributed by atoms with van der Waals surface area (Å²) in [4.78, 5) is 9.19. The molecule has 1 radical (unpaired) electrons. The van der Waals surface area contributed by atoms with E-state index < -0.39 is 14.0 Å². The third-order valence-electron chi connectivity index (χ3n) is 8.17. The van der Waals surface area contributed by atoms with Gasteiger partial charge in [0.2, 0.25) is 0 Å². The molecule has 3 aromatic heterocycles. The van der Waals surface area contributed by atoms with Crippen molar-refractivity contribution in [3.05, 3.63) is 126 Å². The standard InChI is InChI=1S/C25H20NS.C15H18NSi.Ir/c1-15(2)17-12-13-26-23(14-17)22-9-5-8-20-21-11-10-18-16(3)6-4-7-19(18)24(21)27-25(20)22;1-12-10-14(13-8-6-5-7-9-13)16-11-15(12)17(2,3)4;/h4-8,10-15H,1-3H3;5-8,10-11H,1-4H3;/q2*-1;/i15D;;. The molecule has 0 atom stereocenters. The van der Waals surface area contributed by atoms with E-state index in [9.17, 15) is 0 Å². The Morgan fingerprint density at radius 1 is 0.733 bits per heavy atom. The zero-order valence-corrected chi connectivity index (χ0v) is 31.1. The molecule has 0 unspecified atom stereocenters. The number of aryl methyl sites for hydroxylation is 2. The molecule has 0 bridgehead atoms. The smallest absolute Gasteiger partial charge is 0.0798 e. The fraction of sp³-hybridized carbons (Fsp3) is 0.200. The van der Waals surface area contributed by atoms with Crippen molar-refractivity contribution in [3.8, 4) is 22.5 Å². The SMILES string of the molecule is Cc1cc(-c2[c-]cccc2)ncc1[Si](C)(C)C.[2H]C(C)(C)c1ccnc(-c2[c-]ccc3c2sc2c4cccc(C)c4ccc32)c1.[Ir]. The number of rotatable bonds is 4. The van der Waals surface area contributed by atoms with Crippen LogP contribution in [0.2, 0.25) is 19.6 Å². The van der Waals surface area contributed by atoms with Gasteiger partial charge in [0.05, 0.1) is 8.07 Å². The molecule has 2 nitrogen and oxygen atoms in total. The van der Waals surface area contributed by atoms with E-state index in [1.165, 1.54) is 47.3 Å². The quantitative estimate of drug-likeness (QED) is 0.131. The third-order valence-corrected chi connectivity index (χ3v) is 11.6. The van der Waals surface area contributed by atoms with Crippen molar-refractivity contribution in [2.45, 2.75) is 53.2 Å². The van der Waals surface area contributed by atoms with Gasteiger partial charge in [-0.3, -0.25) is 0 Å². The van der Waals surface area contributed by atoms with Crippen molar-refractivity contribution in [1.29, 1.82) is 0 Å². The monoisotopic (exact) mass is 800 g/mol. The Labute approximate surface area is 287 Å². The topological polar surface area (TPSA) is 25.8 Å². The van der Waals surface area contributed by atoms with Crippen molar-refractivity contribution in [2.24, 2.45) is 0 Å². The van der Waals surface area contributed by atoms with E-state index in [0.29, 0.717) is 0 Å². The molecular weight excluding hydrogens is 761 g/mol. The van der Waals surface area contributed by atoms with Crippen molar-refractivity contribution < 1.29 is 21.5 Å². The summed E-state index contributed by atoms with van der Waals surface area (Å²) in [6.07, 6.45) is 3.86. The predicted molar refractivity (Wildman–Crippen MR) is 194 cm³/mol. The predicted octanol–water partition coefficient (Wildman–Crippen LogP) is 10.9. The summed E-state index contributed by atoms with van der Waals surface area (Å²) < 4.78 is 10.9. The van der Waals surface area contributed by atoms with Gasteiger partial charge in [-0.15, -0.1) is 59.7 Å². The van der Waals surface area contributed by atoms with Crippen LogP contribution in [0.3, 0.4) is 0 Å². The largest absolute Gasteiger partial charge is 0.305 e. The number of pyridine rings is 2. The minimum absolute atomic E-state index is 0. The van der Waals surface area contributed by atoms with Crippen LogP contribution in [0.5, 0.6) is 0 Å². The molecular formula is C40H38IrN2SSi-2. The molecule has 0 aliphatic carbocycles. The average Bonchev–Trinajstić information content (AvgIpc) is 3.41. The molecule has 0 fully saturated rings. The van der Waals surface area contributed by atoms with E-state index in [4.69, 9.17) is 1.37 Å². The van der Waals surface area contributed by atoms with Crippen molar-refractivity contribution in [1.82, 2.24) is 9.97 Å². The first kappa shape index (κ1) is 31.5. The maximum absolute atomic E-state index is 8.36. The number of aromatic nitrogens is 2. The van der Waals surface area contributed by atoms with Crippen molar-refractivity contribution >= 4 is 55.5 Å². The van der Waals surface area contributed by atoms with Gasteiger partial charge in [-0.05, 0) is 68.8 Å². The number of hydrogen-bond acceptors (Lipinski definition) is 3. The van der Waals surface area contributed by atoms with E-state index in [1.54, 1.807) is 6.20 Å². The molecule has 0 amide bonds. The molecule has 0 saturated heterocycles. The minimum Gasteiger partial charge on any atom is -0.305 e. The molecule has 3 heterocycles. The van der Waals surface area contributed by atoms with Crippen LogP contribution in [0.4, 0.5) is 0 Å². The van der Waals surface area contributed by atoms with Crippen LogP contribution >= 0.6 is 11.3 Å². The van der Waals surface area contributed by atoms with Crippen LogP contribution in [-0.4, -0.2) is 18.0 Å². The van der Waals surface area contributed by atoms with E-state index >= 15 is 0 Å². The Morgan fingerprint density at radius 3 is 2.20 bits per heavy atom. The number of hydrogen-bond donors (Lipinski definition) is 0. The van der Waals surface area contributed by atoms with Gasteiger partial charge in [-0.2, -0.15) is 11.3 Å². The Morgan fingerprint density at radius 2 is 1.49 bits per heavy atom. The molecule has 5 heteroatoms. The van der Waals surface area contributed by atoms with Crippen LogP contribution in [0.15, 0.2) is 97.3 Å². The maximum Gasteiger partial charge on any atom is 0.0798 e. The van der Waals surface area contributed by atoms with Gasteiger partial charge < -0.3 is 9.97 Å². The van der Waals surface area contributed by atoms with Crippen LogP contribution in [0, 0.1) is 26.0 Å². The summed E-state index contributed by atoms with van der Waals surface area (Å²) in [5.41, 5.74) is 7.61. The molecule has 4 aromatic carbocycles. The first-order chi connectivity index (χ1) is 21.4. The minimum atomic E-state index is -1.27. The molecule has 7 aromatic rings. The van der Waals surface area contributed by atoms with E-state index in [0.717, 1.165) is 28.1 Å². The number of benzene rings is 4. The van der Waals surface area contributed by atoms with E-state index in [1.807, 2.05) is 61.6 Å². The summed E-state index contributed by atoms with van der Waals surface area (Å²) in [6.45, 7) is 15.2. The van der Waals surface area contributed by atoms with Crippen molar-refractivity contribution in [3.63, 3.8) is 0 Å². The second-order valence-electron chi connectivity index (χ2n) is 12.7. The van der Waals surface area contributed by atoms with E-state index in [-0.39, 0.29) is 20.1 Å². The van der Waals surface area contributed by atoms with Gasteiger partial charge in [0, 0.05) is 38.6 Å². The Bertz CT molecular complexity index is 2160. The summed E-state index contributed by atoms with van der Waals surface area (Å²) >= 11 is 1.82. The van der Waals surface area contributed by atoms with Gasteiger partial charge in [0.1, 0.15) is 0 Å². The second-order valence-corrected chi connectivity index (χ2v) is 18.7. The van der Waals surface area contributed by atoms with Crippen LogP contribution in [0.25, 0.3) is 53.5 Å². The van der Waals surface area contributed by atoms with E-state index in [2.05, 4.69) is 110 Å². The number of fused-ring (bicyclic) bond motifs is 5. The molecule has 7 rings (SSSR count). The molecule has 0 spiro atoms. The second kappa shape index (κ2) is 13.5. The summed E-state index contributed by atoms with van der Waals surface area (Å²) in [5.74, 6) is -0.653. The van der Waals surface area contributed by atoms with Crippen LogP contribution in [-0.2, 0) is 20.1 Å². The molecule has 0 aliphatic rings. The van der Waals surface area contributed by atoms with Gasteiger partial charge >= 0.3 is 0 Å².